The maximum absolute atomic E-state index is 13.2. The Morgan fingerprint density at radius 2 is 1.79 bits per heavy atom. The summed E-state index contributed by atoms with van der Waals surface area (Å²) >= 11 is 0. The lowest BCUT2D eigenvalue weighted by molar-refractivity contribution is 0.246. The predicted octanol–water partition coefficient (Wildman–Crippen LogP) is 3.83. The second-order valence-corrected chi connectivity index (χ2v) is 7.58. The van der Waals surface area contributed by atoms with E-state index in [1.807, 2.05) is 19.9 Å². The van der Waals surface area contributed by atoms with E-state index >= 15 is 0 Å². The van der Waals surface area contributed by atoms with Gasteiger partial charge in [0.05, 0.1) is 5.56 Å². The van der Waals surface area contributed by atoms with Gasteiger partial charge in [0.1, 0.15) is 17.1 Å². The Labute approximate surface area is 169 Å². The number of halogens is 1. The molecule has 1 fully saturated rings. The largest absolute Gasteiger partial charge is 0.507 e. The Kier molecular flexibility index (Phi) is 5.28. The number of fused-ring (bicyclic) bond motifs is 1. The SMILES string of the molecule is CCc1cc2c(C)cc(=O)oc2c(CN2CCN(c3ccc(F)cc3)CC2)c1O. The summed E-state index contributed by atoms with van der Waals surface area (Å²) in [7, 11) is 0. The molecule has 3 aromatic rings. The highest BCUT2D eigenvalue weighted by Gasteiger charge is 2.22. The van der Waals surface area contributed by atoms with E-state index in [-0.39, 0.29) is 11.6 Å². The van der Waals surface area contributed by atoms with Gasteiger partial charge in [-0.15, -0.1) is 0 Å². The molecule has 152 valence electrons. The fourth-order valence-electron chi connectivity index (χ4n) is 4.02. The Morgan fingerprint density at radius 1 is 1.10 bits per heavy atom. The first kappa shape index (κ1) is 19.5. The molecule has 29 heavy (non-hydrogen) atoms. The number of aryl methyl sites for hydroxylation is 2. The van der Waals surface area contributed by atoms with Gasteiger partial charge in [-0.3, -0.25) is 4.90 Å². The van der Waals surface area contributed by atoms with E-state index in [2.05, 4.69) is 9.80 Å². The van der Waals surface area contributed by atoms with Crippen LogP contribution in [-0.2, 0) is 13.0 Å². The third-order valence-electron chi connectivity index (χ3n) is 5.72. The van der Waals surface area contributed by atoms with Gasteiger partial charge in [0, 0.05) is 49.9 Å². The Morgan fingerprint density at radius 3 is 2.45 bits per heavy atom. The molecule has 0 aliphatic carbocycles. The van der Waals surface area contributed by atoms with Crippen molar-refractivity contribution in [1.29, 1.82) is 0 Å². The first-order chi connectivity index (χ1) is 14.0. The molecule has 0 spiro atoms. The van der Waals surface area contributed by atoms with E-state index < -0.39 is 5.63 Å². The van der Waals surface area contributed by atoms with Crippen molar-refractivity contribution in [3.05, 3.63) is 69.3 Å². The zero-order valence-electron chi connectivity index (χ0n) is 16.7. The summed E-state index contributed by atoms with van der Waals surface area (Å²) in [4.78, 5) is 16.4. The molecule has 5 nitrogen and oxygen atoms in total. The first-order valence-electron chi connectivity index (χ1n) is 9.97. The van der Waals surface area contributed by atoms with E-state index in [0.717, 1.165) is 48.4 Å². The van der Waals surface area contributed by atoms with Crippen LogP contribution in [0, 0.1) is 12.7 Å². The van der Waals surface area contributed by atoms with Gasteiger partial charge in [-0.25, -0.2) is 9.18 Å². The van der Waals surface area contributed by atoms with Gasteiger partial charge >= 0.3 is 5.63 Å². The summed E-state index contributed by atoms with van der Waals surface area (Å²) in [5.41, 5.74) is 3.47. The van der Waals surface area contributed by atoms with Crippen LogP contribution < -0.4 is 10.5 Å². The zero-order valence-corrected chi connectivity index (χ0v) is 16.7. The predicted molar refractivity (Wildman–Crippen MR) is 112 cm³/mol. The average Bonchev–Trinajstić information content (AvgIpc) is 2.71. The lowest BCUT2D eigenvalue weighted by Crippen LogP contribution is -2.46. The third kappa shape index (κ3) is 3.85. The van der Waals surface area contributed by atoms with Crippen molar-refractivity contribution in [3.8, 4) is 5.75 Å². The molecule has 2 aromatic carbocycles. The Bertz CT molecular complexity index is 1080. The van der Waals surface area contributed by atoms with Crippen molar-refractivity contribution in [2.75, 3.05) is 31.1 Å². The summed E-state index contributed by atoms with van der Waals surface area (Å²) in [6, 6.07) is 9.96. The standard InChI is InChI=1S/C23H25FN2O3/c1-3-16-13-19-15(2)12-21(27)29-23(19)20(22(16)28)14-25-8-10-26(11-9-25)18-6-4-17(24)5-7-18/h4-7,12-13,28H,3,8-11,14H2,1-2H3. The molecule has 2 heterocycles. The molecule has 1 aliphatic heterocycles. The van der Waals surface area contributed by atoms with Crippen molar-refractivity contribution in [2.45, 2.75) is 26.8 Å². The summed E-state index contributed by atoms with van der Waals surface area (Å²) in [6.07, 6.45) is 0.700. The van der Waals surface area contributed by atoms with Crippen LogP contribution in [0.15, 0.2) is 45.6 Å². The summed E-state index contributed by atoms with van der Waals surface area (Å²) in [5.74, 6) is -0.0166. The monoisotopic (exact) mass is 396 g/mol. The van der Waals surface area contributed by atoms with Gasteiger partial charge in [-0.2, -0.15) is 0 Å². The van der Waals surface area contributed by atoms with Crippen LogP contribution in [0.5, 0.6) is 5.75 Å². The fraction of sp³-hybridized carbons (Fsp3) is 0.348. The molecule has 4 rings (SSSR count). The smallest absolute Gasteiger partial charge is 0.336 e. The minimum absolute atomic E-state index is 0.217. The number of rotatable bonds is 4. The van der Waals surface area contributed by atoms with E-state index in [0.29, 0.717) is 24.1 Å². The molecule has 0 atom stereocenters. The van der Waals surface area contributed by atoms with E-state index in [9.17, 15) is 14.3 Å². The van der Waals surface area contributed by atoms with Gasteiger partial charge in [0.25, 0.3) is 0 Å². The molecular formula is C23H25FN2O3. The van der Waals surface area contributed by atoms with Gasteiger partial charge < -0.3 is 14.4 Å². The van der Waals surface area contributed by atoms with Crippen LogP contribution >= 0.6 is 0 Å². The maximum Gasteiger partial charge on any atom is 0.336 e. The molecule has 6 heteroatoms. The first-order valence-corrected chi connectivity index (χ1v) is 9.97. The molecule has 0 amide bonds. The van der Waals surface area contributed by atoms with Crippen molar-refractivity contribution in [3.63, 3.8) is 0 Å². The minimum Gasteiger partial charge on any atom is -0.507 e. The van der Waals surface area contributed by atoms with Crippen LogP contribution in [0.3, 0.4) is 0 Å². The molecule has 0 unspecified atom stereocenters. The van der Waals surface area contributed by atoms with Gasteiger partial charge in [0.15, 0.2) is 0 Å². The highest BCUT2D eigenvalue weighted by atomic mass is 19.1. The molecule has 1 aliphatic rings. The Balaban J connectivity index is 1.59. The molecule has 0 radical (unpaired) electrons. The van der Waals surface area contributed by atoms with Crippen molar-refractivity contribution >= 4 is 16.7 Å². The number of hydrogen-bond acceptors (Lipinski definition) is 5. The van der Waals surface area contributed by atoms with Crippen molar-refractivity contribution in [1.82, 2.24) is 4.90 Å². The van der Waals surface area contributed by atoms with E-state index in [1.165, 1.54) is 18.2 Å². The normalized spacial score (nSPS) is 15.2. The minimum atomic E-state index is -0.402. The fourth-order valence-corrected chi connectivity index (χ4v) is 4.02. The quantitative estimate of drug-likeness (QED) is 0.680. The molecular weight excluding hydrogens is 371 g/mol. The number of hydrogen-bond donors (Lipinski definition) is 1. The number of phenols is 1. The topological polar surface area (TPSA) is 56.9 Å². The summed E-state index contributed by atoms with van der Waals surface area (Å²) < 4.78 is 18.7. The van der Waals surface area contributed by atoms with Crippen molar-refractivity contribution in [2.24, 2.45) is 0 Å². The van der Waals surface area contributed by atoms with Crippen LogP contribution in [0.25, 0.3) is 11.0 Å². The molecule has 1 saturated heterocycles. The summed E-state index contributed by atoms with van der Waals surface area (Å²) in [6.45, 7) is 7.61. The van der Waals surface area contributed by atoms with E-state index in [4.69, 9.17) is 4.42 Å². The lowest BCUT2D eigenvalue weighted by atomic mass is 9.99. The van der Waals surface area contributed by atoms with Crippen molar-refractivity contribution < 1.29 is 13.9 Å². The van der Waals surface area contributed by atoms with Crippen LogP contribution in [0.1, 0.15) is 23.6 Å². The zero-order chi connectivity index (χ0) is 20.5. The third-order valence-corrected chi connectivity index (χ3v) is 5.72. The lowest BCUT2D eigenvalue weighted by Gasteiger charge is -2.36. The molecule has 0 saturated carbocycles. The second kappa shape index (κ2) is 7.87. The average molecular weight is 396 g/mol. The van der Waals surface area contributed by atoms with Gasteiger partial charge in [-0.1, -0.05) is 6.92 Å². The maximum atomic E-state index is 13.2. The highest BCUT2D eigenvalue weighted by molar-refractivity contribution is 5.86. The number of anilines is 1. The number of phenolic OH excluding ortho intramolecular Hbond substituents is 1. The molecule has 1 aromatic heterocycles. The number of nitrogens with zero attached hydrogens (tertiary/aromatic N) is 2. The number of piperazine rings is 1. The highest BCUT2D eigenvalue weighted by Crippen LogP contribution is 2.34. The van der Waals surface area contributed by atoms with E-state index in [1.54, 1.807) is 12.1 Å². The molecule has 1 N–H and O–H groups in total. The number of aromatic hydroxyl groups is 1. The summed E-state index contributed by atoms with van der Waals surface area (Å²) in [5, 5.41) is 11.7. The van der Waals surface area contributed by atoms with Crippen LogP contribution in [-0.4, -0.2) is 36.2 Å². The van der Waals surface area contributed by atoms with Gasteiger partial charge in [0.2, 0.25) is 0 Å². The van der Waals surface area contributed by atoms with Crippen LogP contribution in [0.2, 0.25) is 0 Å². The number of benzene rings is 2. The molecule has 0 bridgehead atoms. The second-order valence-electron chi connectivity index (χ2n) is 7.58. The van der Waals surface area contributed by atoms with Gasteiger partial charge in [-0.05, 0) is 54.8 Å². The Hall–Kier alpha value is -2.86. The van der Waals surface area contributed by atoms with Crippen LogP contribution in [0.4, 0.5) is 10.1 Å².